The van der Waals surface area contributed by atoms with Crippen LogP contribution >= 0.6 is 0 Å². The van der Waals surface area contributed by atoms with E-state index in [1.165, 1.54) is 0 Å². The topological polar surface area (TPSA) is 95.1 Å². The summed E-state index contributed by atoms with van der Waals surface area (Å²) in [6.07, 6.45) is 0. The molecular formula is C10H19N3O3S. The highest BCUT2D eigenvalue weighted by Gasteiger charge is 2.26. The number of rotatable bonds is 5. The lowest BCUT2D eigenvalue weighted by Crippen LogP contribution is -2.36. The highest BCUT2D eigenvalue weighted by atomic mass is 32.2. The van der Waals surface area contributed by atoms with Crippen LogP contribution in [0.5, 0.6) is 0 Å². The van der Waals surface area contributed by atoms with E-state index in [-0.39, 0.29) is 22.5 Å². The molecule has 1 rings (SSSR count). The van der Waals surface area contributed by atoms with Crippen LogP contribution < -0.4 is 4.72 Å². The van der Waals surface area contributed by atoms with Gasteiger partial charge in [-0.05, 0) is 19.8 Å². The van der Waals surface area contributed by atoms with E-state index in [0.29, 0.717) is 5.69 Å². The Labute approximate surface area is 101 Å². The highest BCUT2D eigenvalue weighted by molar-refractivity contribution is 7.89. The monoisotopic (exact) mass is 261 g/mol. The van der Waals surface area contributed by atoms with Gasteiger partial charge in [-0.1, -0.05) is 13.8 Å². The molecule has 0 aliphatic carbocycles. The molecule has 0 amide bonds. The van der Waals surface area contributed by atoms with Gasteiger partial charge in [0.2, 0.25) is 10.0 Å². The highest BCUT2D eigenvalue weighted by Crippen LogP contribution is 2.18. The van der Waals surface area contributed by atoms with E-state index >= 15 is 0 Å². The van der Waals surface area contributed by atoms with Gasteiger partial charge in [-0.25, -0.2) is 13.1 Å². The van der Waals surface area contributed by atoms with Gasteiger partial charge in [-0.2, -0.15) is 5.10 Å². The fraction of sp³-hybridized carbons (Fsp3) is 0.700. The Morgan fingerprint density at radius 1 is 1.41 bits per heavy atom. The van der Waals surface area contributed by atoms with E-state index in [4.69, 9.17) is 5.11 Å². The number of aromatic amines is 1. The molecule has 0 bridgehead atoms. The molecule has 0 aliphatic heterocycles. The molecule has 1 unspecified atom stereocenters. The van der Waals surface area contributed by atoms with Gasteiger partial charge in [0.15, 0.2) is 0 Å². The number of nitrogens with zero attached hydrogens (tertiary/aromatic N) is 1. The molecular weight excluding hydrogens is 242 g/mol. The van der Waals surface area contributed by atoms with Gasteiger partial charge in [0.05, 0.1) is 12.3 Å². The maximum Gasteiger partial charge on any atom is 0.244 e. The molecule has 0 fully saturated rings. The number of aromatic nitrogens is 2. The molecule has 98 valence electrons. The van der Waals surface area contributed by atoms with Crippen LogP contribution in [-0.2, 0) is 16.6 Å². The molecule has 1 atom stereocenters. The fourth-order valence-corrected chi connectivity index (χ4v) is 3.12. The van der Waals surface area contributed by atoms with Gasteiger partial charge in [-0.15, -0.1) is 0 Å². The van der Waals surface area contributed by atoms with Crippen molar-refractivity contribution in [3.05, 3.63) is 11.4 Å². The second-order valence-corrected chi connectivity index (χ2v) is 6.09. The predicted molar refractivity (Wildman–Crippen MR) is 63.9 cm³/mol. The molecule has 3 N–H and O–H groups in total. The second kappa shape index (κ2) is 5.16. The van der Waals surface area contributed by atoms with Crippen LogP contribution in [0.4, 0.5) is 0 Å². The van der Waals surface area contributed by atoms with Crippen molar-refractivity contribution < 1.29 is 13.5 Å². The van der Waals surface area contributed by atoms with Crippen LogP contribution in [0, 0.1) is 12.8 Å². The van der Waals surface area contributed by atoms with Gasteiger partial charge in [0, 0.05) is 6.04 Å². The number of H-pyrrole nitrogens is 1. The van der Waals surface area contributed by atoms with Crippen molar-refractivity contribution in [3.8, 4) is 0 Å². The minimum atomic E-state index is -3.64. The number of hydrogen-bond donors (Lipinski definition) is 3. The van der Waals surface area contributed by atoms with Gasteiger partial charge >= 0.3 is 0 Å². The largest absolute Gasteiger partial charge is 0.390 e. The van der Waals surface area contributed by atoms with Crippen LogP contribution in [0.15, 0.2) is 4.90 Å². The van der Waals surface area contributed by atoms with E-state index in [1.54, 1.807) is 13.8 Å². The van der Waals surface area contributed by atoms with Crippen molar-refractivity contribution in [2.24, 2.45) is 5.92 Å². The van der Waals surface area contributed by atoms with Crippen LogP contribution in [-0.4, -0.2) is 29.8 Å². The van der Waals surface area contributed by atoms with Gasteiger partial charge in [-0.3, -0.25) is 5.10 Å². The molecule has 1 aromatic rings. The number of aliphatic hydroxyl groups is 1. The maximum atomic E-state index is 12.1. The lowest BCUT2D eigenvalue weighted by atomic mass is 10.1. The molecule has 0 radical (unpaired) electrons. The summed E-state index contributed by atoms with van der Waals surface area (Å²) in [6.45, 7) is 6.87. The quantitative estimate of drug-likeness (QED) is 0.720. The Balaban J connectivity index is 3.09. The number of nitrogens with one attached hydrogen (secondary N) is 2. The number of hydrogen-bond acceptors (Lipinski definition) is 4. The fourth-order valence-electron chi connectivity index (χ4n) is 1.37. The average Bonchev–Trinajstić information content (AvgIpc) is 2.59. The number of aliphatic hydroxyl groups excluding tert-OH is 1. The molecule has 0 aliphatic rings. The van der Waals surface area contributed by atoms with Crippen molar-refractivity contribution >= 4 is 10.0 Å². The Morgan fingerprint density at radius 3 is 2.47 bits per heavy atom. The maximum absolute atomic E-state index is 12.1. The molecule has 1 aromatic heterocycles. The summed E-state index contributed by atoms with van der Waals surface area (Å²) in [6, 6.07) is -0.180. The van der Waals surface area contributed by atoms with Gasteiger partial charge in [0.1, 0.15) is 10.6 Å². The Bertz CT molecular complexity index is 479. The third-order valence-corrected chi connectivity index (χ3v) is 4.48. The van der Waals surface area contributed by atoms with Crippen LogP contribution in [0.3, 0.4) is 0 Å². The average molecular weight is 261 g/mol. The lowest BCUT2D eigenvalue weighted by molar-refractivity contribution is 0.273. The molecule has 0 spiro atoms. The molecule has 0 aromatic carbocycles. The van der Waals surface area contributed by atoms with Gasteiger partial charge in [0.25, 0.3) is 0 Å². The van der Waals surface area contributed by atoms with Crippen molar-refractivity contribution in [2.75, 3.05) is 0 Å². The Hall–Kier alpha value is -0.920. The Kier molecular flexibility index (Phi) is 4.29. The molecule has 7 heteroatoms. The first-order valence-corrected chi connectivity index (χ1v) is 6.95. The van der Waals surface area contributed by atoms with E-state index in [1.807, 2.05) is 13.8 Å². The van der Waals surface area contributed by atoms with E-state index in [0.717, 1.165) is 0 Å². The minimum Gasteiger partial charge on any atom is -0.390 e. The van der Waals surface area contributed by atoms with E-state index in [2.05, 4.69) is 14.9 Å². The van der Waals surface area contributed by atoms with Crippen molar-refractivity contribution in [3.63, 3.8) is 0 Å². The molecule has 0 saturated carbocycles. The molecule has 17 heavy (non-hydrogen) atoms. The van der Waals surface area contributed by atoms with Gasteiger partial charge < -0.3 is 5.11 Å². The summed E-state index contributed by atoms with van der Waals surface area (Å²) in [5.74, 6) is 0.189. The van der Waals surface area contributed by atoms with E-state index in [9.17, 15) is 8.42 Å². The third-order valence-electron chi connectivity index (χ3n) is 2.72. The molecule has 1 heterocycles. The smallest absolute Gasteiger partial charge is 0.244 e. The van der Waals surface area contributed by atoms with Crippen molar-refractivity contribution in [1.82, 2.24) is 14.9 Å². The zero-order valence-corrected chi connectivity index (χ0v) is 11.3. The first-order valence-electron chi connectivity index (χ1n) is 5.46. The summed E-state index contributed by atoms with van der Waals surface area (Å²) < 4.78 is 26.8. The summed E-state index contributed by atoms with van der Waals surface area (Å²) in [4.78, 5) is 0.0486. The third kappa shape index (κ3) is 3.05. The van der Waals surface area contributed by atoms with Crippen LogP contribution in [0.25, 0.3) is 0 Å². The summed E-state index contributed by atoms with van der Waals surface area (Å²) in [5, 5.41) is 15.4. The number of sulfonamides is 1. The minimum absolute atomic E-state index is 0.0486. The standard InChI is InChI=1S/C10H19N3O3S/c1-6(2)7(3)13-17(15,16)10-8(4)11-12-9(10)5-14/h6-7,13-14H,5H2,1-4H3,(H,11,12). The van der Waals surface area contributed by atoms with Crippen molar-refractivity contribution in [1.29, 1.82) is 0 Å². The molecule has 6 nitrogen and oxygen atoms in total. The lowest BCUT2D eigenvalue weighted by Gasteiger charge is -2.17. The normalized spacial score (nSPS) is 14.2. The van der Waals surface area contributed by atoms with Crippen LogP contribution in [0.1, 0.15) is 32.2 Å². The van der Waals surface area contributed by atoms with Crippen LogP contribution in [0.2, 0.25) is 0 Å². The van der Waals surface area contributed by atoms with E-state index < -0.39 is 16.6 Å². The Morgan fingerprint density at radius 2 is 2.00 bits per heavy atom. The number of aryl methyl sites for hydroxylation is 1. The summed E-state index contributed by atoms with van der Waals surface area (Å²) in [7, 11) is -3.64. The SMILES string of the molecule is Cc1[nH]nc(CO)c1S(=O)(=O)NC(C)C(C)C. The zero-order chi connectivity index (χ0) is 13.2. The summed E-state index contributed by atoms with van der Waals surface area (Å²) in [5.41, 5.74) is 0.573. The molecule has 0 saturated heterocycles. The first-order chi connectivity index (χ1) is 7.79. The first kappa shape index (κ1) is 14.1. The summed E-state index contributed by atoms with van der Waals surface area (Å²) >= 11 is 0. The van der Waals surface area contributed by atoms with Crippen molar-refractivity contribution in [2.45, 2.75) is 45.2 Å². The predicted octanol–water partition coefficient (Wildman–Crippen LogP) is 0.533. The second-order valence-electron chi connectivity index (χ2n) is 4.44. The zero-order valence-electron chi connectivity index (χ0n) is 10.5.